The van der Waals surface area contributed by atoms with E-state index < -0.39 is 5.92 Å². The van der Waals surface area contributed by atoms with Crippen molar-refractivity contribution in [1.82, 2.24) is 5.32 Å². The molecule has 11 heavy (non-hydrogen) atoms. The van der Waals surface area contributed by atoms with Crippen LogP contribution in [0.15, 0.2) is 0 Å². The van der Waals surface area contributed by atoms with Gasteiger partial charge in [-0.15, -0.1) is 0 Å². The highest BCUT2D eigenvalue weighted by Gasteiger charge is 2.70. The maximum absolute atomic E-state index is 12.8. The van der Waals surface area contributed by atoms with Gasteiger partial charge in [-0.25, -0.2) is 8.78 Å². The van der Waals surface area contributed by atoms with Gasteiger partial charge in [-0.3, -0.25) is 0 Å². The molecule has 2 rings (SSSR count). The molecule has 1 saturated heterocycles. The first-order valence-corrected chi connectivity index (χ1v) is 4.06. The van der Waals surface area contributed by atoms with Crippen molar-refractivity contribution in [1.29, 1.82) is 0 Å². The fourth-order valence-corrected chi connectivity index (χ4v) is 2.03. The van der Waals surface area contributed by atoms with Crippen LogP contribution in [0.2, 0.25) is 0 Å². The van der Waals surface area contributed by atoms with E-state index in [9.17, 15) is 8.78 Å². The molecule has 0 amide bonds. The molecular formula is C8H13F2N. The van der Waals surface area contributed by atoms with Crippen molar-refractivity contribution in [2.45, 2.75) is 31.7 Å². The summed E-state index contributed by atoms with van der Waals surface area (Å²) in [5, 5.41) is 3.13. The molecule has 2 fully saturated rings. The van der Waals surface area contributed by atoms with Crippen molar-refractivity contribution in [2.75, 3.05) is 6.54 Å². The Bertz CT molecular complexity index is 187. The molecule has 0 aromatic carbocycles. The minimum absolute atomic E-state index is 0.0822. The van der Waals surface area contributed by atoms with E-state index in [-0.39, 0.29) is 17.4 Å². The van der Waals surface area contributed by atoms with Gasteiger partial charge in [0.2, 0.25) is 0 Å². The third-order valence-corrected chi connectivity index (χ3v) is 2.90. The highest BCUT2D eigenvalue weighted by atomic mass is 19.3. The summed E-state index contributed by atoms with van der Waals surface area (Å²) in [5.74, 6) is -3.06. The molecule has 0 aromatic heterocycles. The predicted molar refractivity (Wildman–Crippen MR) is 38.6 cm³/mol. The highest BCUT2D eigenvalue weighted by molar-refractivity contribution is 5.12. The van der Waals surface area contributed by atoms with E-state index in [1.165, 1.54) is 0 Å². The lowest BCUT2D eigenvalue weighted by molar-refractivity contribution is 0.0856. The Morgan fingerprint density at radius 3 is 2.36 bits per heavy atom. The first kappa shape index (κ1) is 7.47. The molecule has 1 N–H and O–H groups in total. The summed E-state index contributed by atoms with van der Waals surface area (Å²) < 4.78 is 25.6. The van der Waals surface area contributed by atoms with Crippen LogP contribution in [0.5, 0.6) is 0 Å². The zero-order chi connectivity index (χ0) is 8.28. The Labute approximate surface area is 65.2 Å². The Morgan fingerprint density at radius 1 is 1.27 bits per heavy atom. The lowest BCUT2D eigenvalue weighted by atomic mass is 9.93. The number of alkyl halides is 2. The largest absolute Gasteiger partial charge is 0.311 e. The molecule has 0 aromatic rings. The summed E-state index contributed by atoms with van der Waals surface area (Å²) in [6.45, 7) is 4.46. The molecule has 2 aliphatic rings. The summed E-state index contributed by atoms with van der Waals surface area (Å²) in [7, 11) is 0. The normalized spacial score (nSPS) is 44.7. The molecule has 1 saturated carbocycles. The molecule has 64 valence electrons. The molecule has 0 spiro atoms. The first-order chi connectivity index (χ1) is 4.93. The van der Waals surface area contributed by atoms with E-state index in [0.29, 0.717) is 13.0 Å². The monoisotopic (exact) mass is 161 g/mol. The van der Waals surface area contributed by atoms with Crippen molar-refractivity contribution in [3.05, 3.63) is 0 Å². The molecular weight excluding hydrogens is 148 g/mol. The number of hydrogen-bond acceptors (Lipinski definition) is 1. The van der Waals surface area contributed by atoms with Gasteiger partial charge in [0.25, 0.3) is 5.92 Å². The Morgan fingerprint density at radius 2 is 1.91 bits per heavy atom. The number of piperidine rings is 1. The lowest BCUT2D eigenvalue weighted by Crippen LogP contribution is -2.44. The summed E-state index contributed by atoms with van der Waals surface area (Å²) >= 11 is 0. The third kappa shape index (κ3) is 0.975. The fraction of sp³-hybridized carbons (Fsp3) is 1.00. The summed E-state index contributed by atoms with van der Waals surface area (Å²) in [4.78, 5) is 0. The van der Waals surface area contributed by atoms with Gasteiger partial charge in [0.05, 0.1) is 0 Å². The van der Waals surface area contributed by atoms with Crippen LogP contribution in [0, 0.1) is 11.8 Å². The molecule has 0 bridgehead atoms. The Balaban J connectivity index is 2.08. The average Bonchev–Trinajstić information content (AvgIpc) is 2.32. The minimum Gasteiger partial charge on any atom is -0.311 e. The minimum atomic E-state index is -2.36. The second-order valence-corrected chi connectivity index (χ2v) is 4.36. The average molecular weight is 161 g/mol. The van der Waals surface area contributed by atoms with E-state index in [1.54, 1.807) is 0 Å². The quantitative estimate of drug-likeness (QED) is 0.569. The van der Waals surface area contributed by atoms with Gasteiger partial charge in [0.1, 0.15) is 0 Å². The van der Waals surface area contributed by atoms with E-state index in [2.05, 4.69) is 5.32 Å². The van der Waals surface area contributed by atoms with Gasteiger partial charge in [-0.05, 0) is 20.3 Å². The van der Waals surface area contributed by atoms with Gasteiger partial charge in [0, 0.05) is 23.9 Å². The van der Waals surface area contributed by atoms with Crippen LogP contribution in [-0.4, -0.2) is 18.0 Å². The summed E-state index contributed by atoms with van der Waals surface area (Å²) in [5.41, 5.74) is -0.0822. The van der Waals surface area contributed by atoms with E-state index in [4.69, 9.17) is 0 Å². The zero-order valence-corrected chi connectivity index (χ0v) is 6.82. The predicted octanol–water partition coefficient (Wildman–Crippen LogP) is 1.64. The van der Waals surface area contributed by atoms with Gasteiger partial charge >= 0.3 is 0 Å². The highest BCUT2D eigenvalue weighted by Crippen LogP contribution is 2.59. The molecule has 1 heterocycles. The molecule has 2 atom stereocenters. The molecule has 2 unspecified atom stereocenters. The smallest absolute Gasteiger partial charge is 0.255 e. The first-order valence-electron chi connectivity index (χ1n) is 4.06. The Hall–Kier alpha value is -0.180. The fourth-order valence-electron chi connectivity index (χ4n) is 2.03. The zero-order valence-electron chi connectivity index (χ0n) is 6.82. The van der Waals surface area contributed by atoms with Crippen LogP contribution in [0.1, 0.15) is 20.3 Å². The second kappa shape index (κ2) is 1.76. The van der Waals surface area contributed by atoms with Crippen LogP contribution in [0.25, 0.3) is 0 Å². The van der Waals surface area contributed by atoms with E-state index in [1.807, 2.05) is 13.8 Å². The van der Waals surface area contributed by atoms with Gasteiger partial charge in [-0.2, -0.15) is 0 Å². The van der Waals surface area contributed by atoms with Crippen molar-refractivity contribution in [2.24, 2.45) is 11.8 Å². The van der Waals surface area contributed by atoms with Crippen LogP contribution >= 0.6 is 0 Å². The molecule has 1 aliphatic carbocycles. The Kier molecular flexibility index (Phi) is 1.20. The number of hydrogen-bond donors (Lipinski definition) is 1. The maximum Gasteiger partial charge on any atom is 0.255 e. The van der Waals surface area contributed by atoms with Crippen molar-refractivity contribution in [3.8, 4) is 0 Å². The molecule has 0 radical (unpaired) electrons. The summed E-state index contributed by atoms with van der Waals surface area (Å²) in [6, 6.07) is 0. The SMILES string of the molecule is CC1(C)CC2C(CN1)C2(F)F. The summed E-state index contributed by atoms with van der Waals surface area (Å²) in [6.07, 6.45) is 0.616. The standard InChI is InChI=1S/C8H13F2N/c1-7(2)3-5-6(4-11-7)8(5,9)10/h5-6,11H,3-4H2,1-2H3. The third-order valence-electron chi connectivity index (χ3n) is 2.90. The molecule has 1 aliphatic heterocycles. The van der Waals surface area contributed by atoms with Crippen molar-refractivity contribution < 1.29 is 8.78 Å². The van der Waals surface area contributed by atoms with Crippen LogP contribution in [-0.2, 0) is 0 Å². The maximum atomic E-state index is 12.8. The topological polar surface area (TPSA) is 12.0 Å². The van der Waals surface area contributed by atoms with Crippen molar-refractivity contribution in [3.63, 3.8) is 0 Å². The van der Waals surface area contributed by atoms with Gasteiger partial charge in [0.15, 0.2) is 0 Å². The number of fused-ring (bicyclic) bond motifs is 1. The molecule has 3 heteroatoms. The molecule has 1 nitrogen and oxygen atoms in total. The van der Waals surface area contributed by atoms with Crippen molar-refractivity contribution >= 4 is 0 Å². The van der Waals surface area contributed by atoms with Crippen LogP contribution in [0.4, 0.5) is 8.78 Å². The van der Waals surface area contributed by atoms with Crippen LogP contribution < -0.4 is 5.32 Å². The second-order valence-electron chi connectivity index (χ2n) is 4.36. The van der Waals surface area contributed by atoms with Gasteiger partial charge < -0.3 is 5.32 Å². The van der Waals surface area contributed by atoms with Gasteiger partial charge in [-0.1, -0.05) is 0 Å². The van der Waals surface area contributed by atoms with E-state index in [0.717, 1.165) is 0 Å². The number of nitrogens with one attached hydrogen (secondary N) is 1. The number of rotatable bonds is 0. The van der Waals surface area contributed by atoms with Crippen LogP contribution in [0.3, 0.4) is 0 Å². The van der Waals surface area contributed by atoms with E-state index >= 15 is 0 Å². The number of halogens is 2. The lowest BCUT2D eigenvalue weighted by Gasteiger charge is -2.29.